The third-order valence-corrected chi connectivity index (χ3v) is 4.21. The van der Waals surface area contributed by atoms with E-state index in [1.807, 2.05) is 30.7 Å². The van der Waals surface area contributed by atoms with E-state index >= 15 is 0 Å². The van der Waals surface area contributed by atoms with Crippen molar-refractivity contribution < 1.29 is 14.5 Å². The Kier molecular flexibility index (Phi) is 5.68. The molecule has 23 heavy (non-hydrogen) atoms. The topological polar surface area (TPSA) is 75.9 Å². The van der Waals surface area contributed by atoms with E-state index in [0.29, 0.717) is 49.7 Å². The molecule has 1 fully saturated rings. The monoisotopic (exact) mass is 321 g/mol. The SMILES string of the molecule is CC(C)N(C)Cc1cc([N+](=O)[O-])c(N2CCOCC2)cc1C=O. The molecule has 1 aliphatic rings. The van der Waals surface area contributed by atoms with Crippen molar-refractivity contribution in [3.8, 4) is 0 Å². The molecule has 0 atom stereocenters. The quantitative estimate of drug-likeness (QED) is 0.454. The van der Waals surface area contributed by atoms with Gasteiger partial charge in [-0.15, -0.1) is 0 Å². The molecule has 0 spiro atoms. The summed E-state index contributed by atoms with van der Waals surface area (Å²) in [4.78, 5) is 26.5. The smallest absolute Gasteiger partial charge is 0.292 e. The molecule has 7 nitrogen and oxygen atoms in total. The Bertz CT molecular complexity index is 583. The van der Waals surface area contributed by atoms with Crippen LogP contribution < -0.4 is 4.90 Å². The van der Waals surface area contributed by atoms with Crippen molar-refractivity contribution in [3.63, 3.8) is 0 Å². The van der Waals surface area contributed by atoms with Crippen LogP contribution in [-0.4, -0.2) is 55.5 Å². The molecule has 0 saturated carbocycles. The van der Waals surface area contributed by atoms with Crippen LogP contribution in [0.1, 0.15) is 29.8 Å². The van der Waals surface area contributed by atoms with Crippen molar-refractivity contribution in [2.45, 2.75) is 26.4 Å². The van der Waals surface area contributed by atoms with Crippen molar-refractivity contribution in [1.82, 2.24) is 4.90 Å². The Labute approximate surface area is 136 Å². The van der Waals surface area contributed by atoms with Gasteiger partial charge in [0.05, 0.1) is 18.1 Å². The highest BCUT2D eigenvalue weighted by atomic mass is 16.6. The maximum absolute atomic E-state index is 11.5. The van der Waals surface area contributed by atoms with Gasteiger partial charge in [0.2, 0.25) is 0 Å². The summed E-state index contributed by atoms with van der Waals surface area (Å²) in [5.41, 5.74) is 1.73. The van der Waals surface area contributed by atoms with Crippen LogP contribution in [0.25, 0.3) is 0 Å². The van der Waals surface area contributed by atoms with Gasteiger partial charge in [-0.25, -0.2) is 0 Å². The minimum absolute atomic E-state index is 0.0460. The number of rotatable bonds is 6. The zero-order valence-corrected chi connectivity index (χ0v) is 13.8. The Morgan fingerprint density at radius 2 is 2.04 bits per heavy atom. The Morgan fingerprint density at radius 3 is 2.57 bits per heavy atom. The van der Waals surface area contributed by atoms with E-state index in [2.05, 4.69) is 0 Å². The summed E-state index contributed by atoms with van der Waals surface area (Å²) in [6.45, 7) is 6.82. The minimum Gasteiger partial charge on any atom is -0.378 e. The highest BCUT2D eigenvalue weighted by molar-refractivity contribution is 5.83. The average molecular weight is 321 g/mol. The van der Waals surface area contributed by atoms with Gasteiger partial charge in [-0.05, 0) is 32.5 Å². The first kappa shape index (κ1) is 17.4. The highest BCUT2D eigenvalue weighted by Crippen LogP contribution is 2.32. The third kappa shape index (κ3) is 4.05. The highest BCUT2D eigenvalue weighted by Gasteiger charge is 2.24. The number of nitro groups is 1. The maximum atomic E-state index is 11.5. The van der Waals surface area contributed by atoms with E-state index < -0.39 is 0 Å². The minimum atomic E-state index is -0.377. The summed E-state index contributed by atoms with van der Waals surface area (Å²) < 4.78 is 5.29. The normalized spacial score (nSPS) is 15.3. The van der Waals surface area contributed by atoms with Crippen LogP contribution in [0.3, 0.4) is 0 Å². The first-order chi connectivity index (χ1) is 10.9. The molecule has 1 aromatic carbocycles. The molecule has 2 rings (SSSR count). The molecule has 1 aliphatic heterocycles. The van der Waals surface area contributed by atoms with Gasteiger partial charge in [-0.3, -0.25) is 19.8 Å². The summed E-state index contributed by atoms with van der Waals surface area (Å²) in [6, 6.07) is 3.46. The van der Waals surface area contributed by atoms with E-state index in [-0.39, 0.29) is 16.7 Å². The molecule has 0 bridgehead atoms. The number of carbonyl (C=O) groups excluding carboxylic acids is 1. The summed E-state index contributed by atoms with van der Waals surface area (Å²) in [5, 5.41) is 11.5. The predicted octanol–water partition coefficient (Wildman–Crippen LogP) is 2.08. The molecule has 0 radical (unpaired) electrons. The fraction of sp³-hybridized carbons (Fsp3) is 0.562. The maximum Gasteiger partial charge on any atom is 0.292 e. The Balaban J connectivity index is 2.43. The van der Waals surface area contributed by atoms with Gasteiger partial charge in [0.25, 0.3) is 5.69 Å². The van der Waals surface area contributed by atoms with Gasteiger partial charge < -0.3 is 9.64 Å². The second kappa shape index (κ2) is 7.52. The number of morpholine rings is 1. The zero-order valence-electron chi connectivity index (χ0n) is 13.8. The lowest BCUT2D eigenvalue weighted by Crippen LogP contribution is -2.36. The molecule has 0 aromatic heterocycles. The van der Waals surface area contributed by atoms with Crippen LogP contribution >= 0.6 is 0 Å². The summed E-state index contributed by atoms with van der Waals surface area (Å²) in [7, 11) is 1.93. The lowest BCUT2D eigenvalue weighted by molar-refractivity contribution is -0.384. The number of hydrogen-bond acceptors (Lipinski definition) is 6. The lowest BCUT2D eigenvalue weighted by Gasteiger charge is -2.29. The molecule has 0 N–H and O–H groups in total. The standard InChI is InChI=1S/C16H23N3O4/c1-12(2)17(3)10-13-8-16(19(21)22)15(9-14(13)11-20)18-4-6-23-7-5-18/h8-9,11-12H,4-7,10H2,1-3H3. The number of ether oxygens (including phenoxy) is 1. The number of aldehydes is 1. The Morgan fingerprint density at radius 1 is 1.39 bits per heavy atom. The number of carbonyl (C=O) groups is 1. The van der Waals surface area contributed by atoms with Gasteiger partial charge in [0, 0.05) is 37.3 Å². The summed E-state index contributed by atoms with van der Waals surface area (Å²) >= 11 is 0. The van der Waals surface area contributed by atoms with Crippen molar-refractivity contribution in [2.24, 2.45) is 0 Å². The molecular formula is C16H23N3O4. The van der Waals surface area contributed by atoms with Crippen LogP contribution in [-0.2, 0) is 11.3 Å². The number of anilines is 1. The van der Waals surface area contributed by atoms with E-state index in [1.54, 1.807) is 6.07 Å². The zero-order chi connectivity index (χ0) is 17.0. The molecule has 126 valence electrons. The molecule has 1 saturated heterocycles. The van der Waals surface area contributed by atoms with Crippen LogP contribution in [0, 0.1) is 10.1 Å². The molecule has 0 amide bonds. The Hall–Kier alpha value is -1.99. The number of benzene rings is 1. The number of nitro benzene ring substituents is 1. The fourth-order valence-electron chi connectivity index (χ4n) is 2.54. The van der Waals surface area contributed by atoms with Crippen LogP contribution in [0.5, 0.6) is 0 Å². The third-order valence-electron chi connectivity index (χ3n) is 4.21. The molecular weight excluding hydrogens is 298 g/mol. The molecule has 0 aliphatic carbocycles. The fourth-order valence-corrected chi connectivity index (χ4v) is 2.54. The summed E-state index contributed by atoms with van der Waals surface area (Å²) in [6.07, 6.45) is 0.775. The lowest BCUT2D eigenvalue weighted by atomic mass is 10.0. The first-order valence-corrected chi connectivity index (χ1v) is 7.73. The predicted molar refractivity (Wildman–Crippen MR) is 88.1 cm³/mol. The van der Waals surface area contributed by atoms with Gasteiger partial charge >= 0.3 is 0 Å². The van der Waals surface area contributed by atoms with E-state index in [1.165, 1.54) is 6.07 Å². The van der Waals surface area contributed by atoms with Gasteiger partial charge in [-0.2, -0.15) is 0 Å². The average Bonchev–Trinajstić information content (AvgIpc) is 2.55. The van der Waals surface area contributed by atoms with Crippen LogP contribution in [0.4, 0.5) is 11.4 Å². The number of nitrogens with zero attached hydrogens (tertiary/aromatic N) is 3. The van der Waals surface area contributed by atoms with Crippen molar-refractivity contribution >= 4 is 17.7 Å². The van der Waals surface area contributed by atoms with Crippen molar-refractivity contribution in [2.75, 3.05) is 38.3 Å². The van der Waals surface area contributed by atoms with Gasteiger partial charge in [-0.1, -0.05) is 0 Å². The van der Waals surface area contributed by atoms with E-state index in [9.17, 15) is 14.9 Å². The van der Waals surface area contributed by atoms with Gasteiger partial charge in [0.1, 0.15) is 12.0 Å². The van der Waals surface area contributed by atoms with Crippen molar-refractivity contribution in [3.05, 3.63) is 33.4 Å². The molecule has 1 heterocycles. The second-order valence-electron chi connectivity index (χ2n) is 6.02. The summed E-state index contributed by atoms with van der Waals surface area (Å²) in [5.74, 6) is 0. The van der Waals surface area contributed by atoms with E-state index in [4.69, 9.17) is 4.74 Å². The van der Waals surface area contributed by atoms with Crippen LogP contribution in [0.2, 0.25) is 0 Å². The van der Waals surface area contributed by atoms with Crippen LogP contribution in [0.15, 0.2) is 12.1 Å². The number of hydrogen-bond donors (Lipinski definition) is 0. The second-order valence-corrected chi connectivity index (χ2v) is 6.02. The first-order valence-electron chi connectivity index (χ1n) is 7.73. The molecule has 1 aromatic rings. The molecule has 0 unspecified atom stereocenters. The van der Waals surface area contributed by atoms with Gasteiger partial charge in [0.15, 0.2) is 0 Å². The molecule has 7 heteroatoms. The largest absolute Gasteiger partial charge is 0.378 e. The van der Waals surface area contributed by atoms with E-state index in [0.717, 1.165) is 6.29 Å². The van der Waals surface area contributed by atoms with Crippen molar-refractivity contribution in [1.29, 1.82) is 0 Å².